The first-order valence-corrected chi connectivity index (χ1v) is 12.0. The molecule has 158 valence electrons. The molecule has 1 amide bonds. The topological polar surface area (TPSA) is 91.2 Å². The molecule has 2 aromatic heterocycles. The van der Waals surface area contributed by atoms with Gasteiger partial charge in [-0.05, 0) is 19.8 Å². The summed E-state index contributed by atoms with van der Waals surface area (Å²) in [5, 5.41) is 12.8. The molecule has 0 unspecified atom stereocenters. The van der Waals surface area contributed by atoms with Gasteiger partial charge in [-0.1, -0.05) is 42.4 Å². The molecule has 0 radical (unpaired) electrons. The van der Waals surface area contributed by atoms with Crippen LogP contribution in [-0.4, -0.2) is 44.6 Å². The highest BCUT2D eigenvalue weighted by Crippen LogP contribution is 2.38. The Bertz CT molecular complexity index is 1030. The third-order valence-electron chi connectivity index (χ3n) is 5.41. The number of ether oxygens (including phenoxy) is 2. The molecule has 2 aliphatic rings. The predicted molar refractivity (Wildman–Crippen MR) is 117 cm³/mol. The molecule has 1 aliphatic heterocycles. The SMILES string of the molecule is Cc1nnc(SCC(=O)Nc2nc3cc4c(cc3s2)OCCO4)n1C1CCCCC1. The van der Waals surface area contributed by atoms with Crippen LogP contribution in [0.3, 0.4) is 0 Å². The van der Waals surface area contributed by atoms with E-state index in [1.54, 1.807) is 0 Å². The normalized spacial score (nSPS) is 16.7. The Balaban J connectivity index is 1.25. The zero-order chi connectivity index (χ0) is 20.5. The maximum atomic E-state index is 12.5. The molecule has 3 heterocycles. The van der Waals surface area contributed by atoms with Gasteiger partial charge in [-0.25, -0.2) is 4.98 Å². The summed E-state index contributed by atoms with van der Waals surface area (Å²) in [6.45, 7) is 3.07. The quantitative estimate of drug-likeness (QED) is 0.589. The zero-order valence-corrected chi connectivity index (χ0v) is 18.4. The van der Waals surface area contributed by atoms with Gasteiger partial charge in [-0.15, -0.1) is 10.2 Å². The molecule has 0 bridgehead atoms. The van der Waals surface area contributed by atoms with Crippen molar-refractivity contribution in [3.8, 4) is 11.5 Å². The van der Waals surface area contributed by atoms with Crippen LogP contribution in [-0.2, 0) is 4.79 Å². The maximum Gasteiger partial charge on any atom is 0.236 e. The number of fused-ring (bicyclic) bond motifs is 2. The van der Waals surface area contributed by atoms with Crippen molar-refractivity contribution < 1.29 is 14.3 Å². The fourth-order valence-electron chi connectivity index (χ4n) is 4.01. The summed E-state index contributed by atoms with van der Waals surface area (Å²) in [5.74, 6) is 2.51. The van der Waals surface area contributed by atoms with Gasteiger partial charge in [0.25, 0.3) is 0 Å². The highest BCUT2D eigenvalue weighted by atomic mass is 32.2. The molecule has 5 rings (SSSR count). The van der Waals surface area contributed by atoms with Crippen LogP contribution < -0.4 is 14.8 Å². The van der Waals surface area contributed by atoms with Crippen molar-refractivity contribution in [1.29, 1.82) is 0 Å². The second-order valence-corrected chi connectivity index (χ2v) is 9.48. The van der Waals surface area contributed by atoms with Crippen molar-refractivity contribution in [2.24, 2.45) is 0 Å². The van der Waals surface area contributed by atoms with Gasteiger partial charge in [0, 0.05) is 18.2 Å². The van der Waals surface area contributed by atoms with E-state index in [9.17, 15) is 4.79 Å². The molecule has 1 N–H and O–H groups in total. The summed E-state index contributed by atoms with van der Waals surface area (Å²) >= 11 is 2.86. The Morgan fingerprint density at radius 1 is 1.20 bits per heavy atom. The summed E-state index contributed by atoms with van der Waals surface area (Å²) in [6.07, 6.45) is 6.09. The number of thiazole rings is 1. The molecule has 10 heteroatoms. The van der Waals surface area contributed by atoms with E-state index in [1.165, 1.54) is 42.4 Å². The molecule has 0 atom stereocenters. The van der Waals surface area contributed by atoms with Gasteiger partial charge in [-0.2, -0.15) is 0 Å². The van der Waals surface area contributed by atoms with Crippen LogP contribution in [0, 0.1) is 6.92 Å². The number of nitrogens with zero attached hydrogens (tertiary/aromatic N) is 4. The van der Waals surface area contributed by atoms with Crippen LogP contribution in [0.25, 0.3) is 10.2 Å². The largest absolute Gasteiger partial charge is 0.486 e. The van der Waals surface area contributed by atoms with Crippen LogP contribution in [0.4, 0.5) is 5.13 Å². The van der Waals surface area contributed by atoms with Gasteiger partial charge in [0.2, 0.25) is 5.91 Å². The van der Waals surface area contributed by atoms with Crippen molar-refractivity contribution in [1.82, 2.24) is 19.7 Å². The molecule has 1 saturated carbocycles. The summed E-state index contributed by atoms with van der Waals surface area (Å²) in [5.41, 5.74) is 0.792. The lowest BCUT2D eigenvalue weighted by atomic mass is 9.95. The number of amides is 1. The predicted octanol–water partition coefficient (Wildman–Crippen LogP) is 4.20. The molecular weight excluding hydrogens is 422 g/mol. The number of carbonyl (C=O) groups is 1. The Morgan fingerprint density at radius 3 is 2.77 bits per heavy atom. The average molecular weight is 446 g/mol. The van der Waals surface area contributed by atoms with E-state index in [-0.39, 0.29) is 11.7 Å². The van der Waals surface area contributed by atoms with Gasteiger partial charge in [0.05, 0.1) is 16.0 Å². The molecule has 1 fully saturated rings. The lowest BCUT2D eigenvalue weighted by Gasteiger charge is -2.24. The molecule has 1 aromatic carbocycles. The fourth-order valence-corrected chi connectivity index (χ4v) is 5.76. The standard InChI is InChI=1S/C20H23N5O3S2/c1-12-23-24-20(25(12)13-5-3-2-4-6-13)29-11-18(26)22-19-21-14-9-15-16(10-17(14)30-19)28-8-7-27-15/h9-10,13H,2-8,11H2,1H3,(H,21,22,26). The average Bonchev–Trinajstić information content (AvgIpc) is 3.32. The van der Waals surface area contributed by atoms with E-state index in [0.29, 0.717) is 30.1 Å². The lowest BCUT2D eigenvalue weighted by molar-refractivity contribution is -0.113. The number of anilines is 1. The van der Waals surface area contributed by atoms with Gasteiger partial charge in [0.15, 0.2) is 21.8 Å². The number of nitrogens with one attached hydrogen (secondary N) is 1. The van der Waals surface area contributed by atoms with Gasteiger partial charge >= 0.3 is 0 Å². The van der Waals surface area contributed by atoms with Crippen LogP contribution in [0.5, 0.6) is 11.5 Å². The van der Waals surface area contributed by atoms with E-state index in [1.807, 2.05) is 19.1 Å². The van der Waals surface area contributed by atoms with Gasteiger partial charge < -0.3 is 19.4 Å². The summed E-state index contributed by atoms with van der Waals surface area (Å²) in [4.78, 5) is 17.1. The van der Waals surface area contributed by atoms with Crippen LogP contribution in [0.2, 0.25) is 0 Å². The van der Waals surface area contributed by atoms with Gasteiger partial charge in [0.1, 0.15) is 19.0 Å². The third-order valence-corrected chi connectivity index (χ3v) is 7.28. The van der Waals surface area contributed by atoms with Crippen molar-refractivity contribution in [2.75, 3.05) is 24.3 Å². The first-order chi connectivity index (χ1) is 14.7. The molecule has 30 heavy (non-hydrogen) atoms. The number of carbonyl (C=O) groups excluding carboxylic acids is 1. The third kappa shape index (κ3) is 3.98. The minimum Gasteiger partial charge on any atom is -0.486 e. The Kier molecular flexibility index (Phi) is 5.51. The van der Waals surface area contributed by atoms with Crippen molar-refractivity contribution in [3.05, 3.63) is 18.0 Å². The van der Waals surface area contributed by atoms with Crippen molar-refractivity contribution in [3.63, 3.8) is 0 Å². The molecule has 3 aromatic rings. The Hall–Kier alpha value is -2.33. The number of hydrogen-bond donors (Lipinski definition) is 1. The van der Waals surface area contributed by atoms with Crippen LogP contribution in [0.1, 0.15) is 44.0 Å². The van der Waals surface area contributed by atoms with Crippen LogP contribution >= 0.6 is 23.1 Å². The lowest BCUT2D eigenvalue weighted by Crippen LogP contribution is -2.17. The minimum absolute atomic E-state index is 0.104. The summed E-state index contributed by atoms with van der Waals surface area (Å²) in [7, 11) is 0. The van der Waals surface area contributed by atoms with E-state index in [0.717, 1.165) is 39.8 Å². The Labute approximate surface area is 182 Å². The summed E-state index contributed by atoms with van der Waals surface area (Å²) in [6, 6.07) is 4.22. The van der Waals surface area contributed by atoms with Gasteiger partial charge in [-0.3, -0.25) is 4.79 Å². The maximum absolute atomic E-state index is 12.5. The second kappa shape index (κ2) is 8.43. The molecule has 0 spiro atoms. The van der Waals surface area contributed by atoms with E-state index < -0.39 is 0 Å². The fraction of sp³-hybridized carbons (Fsp3) is 0.500. The number of aromatic nitrogens is 4. The van der Waals surface area contributed by atoms with Crippen LogP contribution in [0.15, 0.2) is 17.3 Å². The number of aryl methyl sites for hydroxylation is 1. The Morgan fingerprint density at radius 2 is 1.97 bits per heavy atom. The van der Waals surface area contributed by atoms with E-state index in [2.05, 4.69) is 25.1 Å². The van der Waals surface area contributed by atoms with E-state index >= 15 is 0 Å². The molecule has 0 saturated heterocycles. The number of rotatable bonds is 5. The first-order valence-electron chi connectivity index (χ1n) is 10.2. The van der Waals surface area contributed by atoms with Crippen molar-refractivity contribution in [2.45, 2.75) is 50.2 Å². The number of benzene rings is 1. The summed E-state index contributed by atoms with van der Waals surface area (Å²) < 4.78 is 14.4. The highest BCUT2D eigenvalue weighted by Gasteiger charge is 2.22. The van der Waals surface area contributed by atoms with E-state index in [4.69, 9.17) is 9.47 Å². The monoisotopic (exact) mass is 445 g/mol. The second-order valence-electron chi connectivity index (χ2n) is 7.51. The molecule has 1 aliphatic carbocycles. The molecular formula is C20H23N5O3S2. The zero-order valence-electron chi connectivity index (χ0n) is 16.7. The smallest absolute Gasteiger partial charge is 0.236 e. The highest BCUT2D eigenvalue weighted by molar-refractivity contribution is 7.99. The first kappa shape index (κ1) is 19.6. The minimum atomic E-state index is -0.104. The van der Waals surface area contributed by atoms with Crippen molar-refractivity contribution >= 4 is 44.4 Å². The number of thioether (sulfide) groups is 1. The molecule has 8 nitrogen and oxygen atoms in total. The number of hydrogen-bond acceptors (Lipinski definition) is 8.